The van der Waals surface area contributed by atoms with Crippen molar-refractivity contribution in [3.8, 4) is 0 Å². The van der Waals surface area contributed by atoms with Crippen LogP contribution >= 0.6 is 0 Å². The standard InChI is InChI=1S/C13H16N2O4/c1-2-10-8-19-6-5-15(10)12(16)11-7-9(13(17)18)3-4-14-11/h3-4,7,10H,2,5-6,8H2,1H3,(H,17,18). The molecule has 102 valence electrons. The number of pyridine rings is 1. The van der Waals surface area contributed by atoms with Gasteiger partial charge in [-0.25, -0.2) is 4.79 Å². The van der Waals surface area contributed by atoms with Crippen molar-refractivity contribution in [2.75, 3.05) is 19.8 Å². The summed E-state index contributed by atoms with van der Waals surface area (Å²) in [5, 5.41) is 8.93. The number of hydrogen-bond acceptors (Lipinski definition) is 4. The Kier molecular flexibility index (Phi) is 4.11. The summed E-state index contributed by atoms with van der Waals surface area (Å²) in [6.07, 6.45) is 2.14. The summed E-state index contributed by atoms with van der Waals surface area (Å²) in [7, 11) is 0. The molecule has 1 atom stereocenters. The number of ether oxygens (including phenoxy) is 1. The molecule has 2 rings (SSSR count). The molecule has 19 heavy (non-hydrogen) atoms. The minimum atomic E-state index is -1.06. The molecule has 0 radical (unpaired) electrons. The van der Waals surface area contributed by atoms with E-state index in [-0.39, 0.29) is 23.2 Å². The summed E-state index contributed by atoms with van der Waals surface area (Å²) in [5.41, 5.74) is 0.236. The van der Waals surface area contributed by atoms with Crippen molar-refractivity contribution < 1.29 is 19.4 Å². The van der Waals surface area contributed by atoms with Crippen LogP contribution in [0.25, 0.3) is 0 Å². The van der Waals surface area contributed by atoms with E-state index in [4.69, 9.17) is 9.84 Å². The van der Waals surface area contributed by atoms with E-state index in [1.54, 1.807) is 4.90 Å². The van der Waals surface area contributed by atoms with Gasteiger partial charge >= 0.3 is 5.97 Å². The van der Waals surface area contributed by atoms with E-state index >= 15 is 0 Å². The minimum Gasteiger partial charge on any atom is -0.478 e. The monoisotopic (exact) mass is 264 g/mol. The molecular formula is C13H16N2O4. The Hall–Kier alpha value is -1.95. The van der Waals surface area contributed by atoms with Crippen molar-refractivity contribution in [1.82, 2.24) is 9.88 Å². The van der Waals surface area contributed by atoms with Gasteiger partial charge in [-0.05, 0) is 18.6 Å². The number of rotatable bonds is 3. The van der Waals surface area contributed by atoms with E-state index < -0.39 is 5.97 Å². The Morgan fingerprint density at radius 3 is 3.05 bits per heavy atom. The first kappa shape index (κ1) is 13.5. The Bertz CT molecular complexity index is 489. The van der Waals surface area contributed by atoms with E-state index in [1.165, 1.54) is 18.3 Å². The highest BCUT2D eigenvalue weighted by Gasteiger charge is 2.27. The molecule has 6 heteroatoms. The second kappa shape index (κ2) is 5.79. The van der Waals surface area contributed by atoms with Crippen LogP contribution in [0.3, 0.4) is 0 Å². The average Bonchev–Trinajstić information content (AvgIpc) is 2.46. The number of nitrogens with zero attached hydrogens (tertiary/aromatic N) is 2. The van der Waals surface area contributed by atoms with Crippen LogP contribution in [-0.2, 0) is 4.74 Å². The quantitative estimate of drug-likeness (QED) is 0.882. The lowest BCUT2D eigenvalue weighted by Gasteiger charge is -2.34. The number of carboxylic acids is 1. The van der Waals surface area contributed by atoms with Gasteiger partial charge in [0.05, 0.1) is 24.8 Å². The van der Waals surface area contributed by atoms with Crippen LogP contribution in [0, 0.1) is 0 Å². The maximum absolute atomic E-state index is 12.4. The maximum Gasteiger partial charge on any atom is 0.335 e. The molecule has 1 aromatic rings. The van der Waals surface area contributed by atoms with Gasteiger partial charge in [-0.1, -0.05) is 6.92 Å². The summed E-state index contributed by atoms with van der Waals surface area (Å²) < 4.78 is 5.34. The molecule has 0 spiro atoms. The Morgan fingerprint density at radius 1 is 1.58 bits per heavy atom. The van der Waals surface area contributed by atoms with Crippen molar-refractivity contribution in [2.45, 2.75) is 19.4 Å². The van der Waals surface area contributed by atoms with Gasteiger partial charge in [0.2, 0.25) is 0 Å². The highest BCUT2D eigenvalue weighted by Crippen LogP contribution is 2.14. The number of amides is 1. The van der Waals surface area contributed by atoms with Crippen LogP contribution in [0.5, 0.6) is 0 Å². The largest absolute Gasteiger partial charge is 0.478 e. The van der Waals surface area contributed by atoms with Crippen molar-refractivity contribution in [3.63, 3.8) is 0 Å². The van der Waals surface area contributed by atoms with Crippen LogP contribution in [0.15, 0.2) is 18.3 Å². The van der Waals surface area contributed by atoms with Crippen LogP contribution < -0.4 is 0 Å². The molecule has 0 saturated carbocycles. The third-order valence-corrected chi connectivity index (χ3v) is 3.19. The summed E-state index contributed by atoms with van der Waals surface area (Å²) in [4.78, 5) is 28.9. The lowest BCUT2D eigenvalue weighted by Crippen LogP contribution is -2.48. The van der Waals surface area contributed by atoms with Gasteiger partial charge in [0.25, 0.3) is 5.91 Å². The SMILES string of the molecule is CCC1COCCN1C(=O)c1cc(C(=O)O)ccn1. The van der Waals surface area contributed by atoms with Crippen molar-refractivity contribution >= 4 is 11.9 Å². The smallest absolute Gasteiger partial charge is 0.335 e. The third-order valence-electron chi connectivity index (χ3n) is 3.19. The molecule has 1 aliphatic heterocycles. The van der Waals surface area contributed by atoms with Crippen molar-refractivity contribution in [2.24, 2.45) is 0 Å². The van der Waals surface area contributed by atoms with Gasteiger partial charge in [0.15, 0.2) is 0 Å². The topological polar surface area (TPSA) is 79.7 Å². The Balaban J connectivity index is 2.22. The number of hydrogen-bond donors (Lipinski definition) is 1. The van der Waals surface area contributed by atoms with Gasteiger partial charge in [-0.15, -0.1) is 0 Å². The van der Waals surface area contributed by atoms with Gasteiger partial charge in [0, 0.05) is 12.7 Å². The van der Waals surface area contributed by atoms with Crippen molar-refractivity contribution in [1.29, 1.82) is 0 Å². The molecular weight excluding hydrogens is 248 g/mol. The second-order valence-electron chi connectivity index (χ2n) is 4.37. The van der Waals surface area contributed by atoms with Crippen LogP contribution in [0.1, 0.15) is 34.2 Å². The number of carbonyl (C=O) groups is 2. The fourth-order valence-electron chi connectivity index (χ4n) is 2.09. The first-order chi connectivity index (χ1) is 9.13. The number of morpholine rings is 1. The van der Waals surface area contributed by atoms with Gasteiger partial charge in [-0.2, -0.15) is 0 Å². The summed E-state index contributed by atoms with van der Waals surface area (Å²) in [6.45, 7) is 3.51. The van der Waals surface area contributed by atoms with Gasteiger partial charge in [0.1, 0.15) is 5.69 Å². The lowest BCUT2D eigenvalue weighted by atomic mass is 10.1. The predicted molar refractivity (Wildman–Crippen MR) is 67.1 cm³/mol. The van der Waals surface area contributed by atoms with Crippen LogP contribution in [0.2, 0.25) is 0 Å². The molecule has 1 aromatic heterocycles. The summed E-state index contributed by atoms with van der Waals surface area (Å²) in [5.74, 6) is -1.30. The molecule has 2 heterocycles. The zero-order chi connectivity index (χ0) is 13.8. The molecule has 1 unspecified atom stereocenters. The zero-order valence-electron chi connectivity index (χ0n) is 10.7. The van der Waals surface area contributed by atoms with E-state index in [0.29, 0.717) is 19.8 Å². The predicted octanol–water partition coefficient (Wildman–Crippen LogP) is 1.03. The number of aromatic carboxylic acids is 1. The van der Waals surface area contributed by atoms with E-state index in [2.05, 4.69) is 4.98 Å². The minimum absolute atomic E-state index is 0.0246. The molecule has 1 saturated heterocycles. The maximum atomic E-state index is 12.4. The average molecular weight is 264 g/mol. The molecule has 1 fully saturated rings. The van der Waals surface area contributed by atoms with Gasteiger partial charge < -0.3 is 14.7 Å². The highest BCUT2D eigenvalue weighted by atomic mass is 16.5. The molecule has 6 nitrogen and oxygen atoms in total. The third kappa shape index (κ3) is 2.90. The molecule has 0 aliphatic carbocycles. The molecule has 1 aliphatic rings. The fraction of sp³-hybridized carbons (Fsp3) is 0.462. The Labute approximate surface area is 111 Å². The first-order valence-electron chi connectivity index (χ1n) is 6.21. The second-order valence-corrected chi connectivity index (χ2v) is 4.37. The summed E-state index contributed by atoms with van der Waals surface area (Å²) in [6, 6.07) is 2.71. The highest BCUT2D eigenvalue weighted by molar-refractivity contribution is 5.96. The number of carbonyl (C=O) groups excluding carboxylic acids is 1. The molecule has 1 amide bonds. The summed E-state index contributed by atoms with van der Waals surface area (Å²) >= 11 is 0. The van der Waals surface area contributed by atoms with Gasteiger partial charge in [-0.3, -0.25) is 9.78 Å². The van der Waals surface area contributed by atoms with E-state index in [9.17, 15) is 9.59 Å². The fourth-order valence-corrected chi connectivity index (χ4v) is 2.09. The molecule has 1 N–H and O–H groups in total. The molecule has 0 bridgehead atoms. The first-order valence-corrected chi connectivity index (χ1v) is 6.21. The lowest BCUT2D eigenvalue weighted by molar-refractivity contribution is -0.00310. The van der Waals surface area contributed by atoms with E-state index in [1.807, 2.05) is 6.92 Å². The normalized spacial score (nSPS) is 19.2. The molecule has 0 aromatic carbocycles. The van der Waals surface area contributed by atoms with Crippen LogP contribution in [-0.4, -0.2) is 52.7 Å². The number of aromatic nitrogens is 1. The zero-order valence-corrected chi connectivity index (χ0v) is 10.7. The number of carboxylic acid groups (broad SMARTS) is 1. The van der Waals surface area contributed by atoms with Crippen molar-refractivity contribution in [3.05, 3.63) is 29.6 Å². The Morgan fingerprint density at radius 2 is 2.37 bits per heavy atom. The van der Waals surface area contributed by atoms with Crippen LogP contribution in [0.4, 0.5) is 0 Å². The van der Waals surface area contributed by atoms with E-state index in [0.717, 1.165) is 6.42 Å².